The van der Waals surface area contributed by atoms with Crippen LogP contribution < -0.4 is 10.1 Å². The zero-order valence-electron chi connectivity index (χ0n) is 10.9. The van der Waals surface area contributed by atoms with Crippen LogP contribution in [0.3, 0.4) is 0 Å². The number of hydrogen-bond acceptors (Lipinski definition) is 3. The molecule has 2 rings (SSSR count). The van der Waals surface area contributed by atoms with Gasteiger partial charge in [0.05, 0.1) is 27.2 Å². The van der Waals surface area contributed by atoms with Crippen molar-refractivity contribution in [3.05, 3.63) is 49.1 Å². The Labute approximate surface area is 151 Å². The molecule has 0 bridgehead atoms. The molecule has 0 unspecified atom stereocenters. The van der Waals surface area contributed by atoms with Crippen LogP contribution in [-0.2, 0) is 0 Å². The Kier molecular flexibility index (Phi) is 5.64. The van der Waals surface area contributed by atoms with E-state index < -0.39 is 5.91 Å². The Morgan fingerprint density at radius 3 is 2.36 bits per heavy atom. The molecule has 4 nitrogen and oxygen atoms in total. The molecule has 116 valence electrons. The highest BCUT2D eigenvalue weighted by Crippen LogP contribution is 2.36. The second-order valence-electron chi connectivity index (χ2n) is 4.00. The summed E-state index contributed by atoms with van der Waals surface area (Å²) in [6.07, 6.45) is 0. The normalized spacial score (nSPS) is 10.5. The molecule has 22 heavy (non-hydrogen) atoms. The Morgan fingerprint density at radius 2 is 1.77 bits per heavy atom. The summed E-state index contributed by atoms with van der Waals surface area (Å²) in [5.74, 6) is -0.125. The van der Waals surface area contributed by atoms with Gasteiger partial charge < -0.3 is 10.1 Å². The van der Waals surface area contributed by atoms with Crippen molar-refractivity contribution in [3.63, 3.8) is 0 Å². The summed E-state index contributed by atoms with van der Waals surface area (Å²) in [6.45, 7) is 0. The van der Waals surface area contributed by atoms with E-state index in [9.17, 15) is 4.79 Å². The van der Waals surface area contributed by atoms with Crippen molar-refractivity contribution in [1.82, 2.24) is 4.98 Å². The Morgan fingerprint density at radius 1 is 1.09 bits per heavy atom. The lowest BCUT2D eigenvalue weighted by Crippen LogP contribution is -2.15. The number of benzene rings is 1. The molecule has 1 aromatic heterocycles. The van der Waals surface area contributed by atoms with Gasteiger partial charge in [0.15, 0.2) is 0 Å². The number of amides is 1. The van der Waals surface area contributed by atoms with Crippen LogP contribution in [0.5, 0.6) is 5.75 Å². The molecule has 0 saturated carbocycles. The first kappa shape index (κ1) is 17.4. The molecule has 2 aromatic rings. The summed E-state index contributed by atoms with van der Waals surface area (Å²) in [5.41, 5.74) is 0.281. The zero-order chi connectivity index (χ0) is 16.4. The van der Waals surface area contributed by atoms with Crippen LogP contribution in [0.1, 0.15) is 10.5 Å². The molecule has 0 spiro atoms. The molecule has 0 radical (unpaired) electrons. The molecule has 9 heteroatoms. The summed E-state index contributed by atoms with van der Waals surface area (Å²) >= 11 is 29.4. The minimum absolute atomic E-state index is 0.0163. The summed E-state index contributed by atoms with van der Waals surface area (Å²) in [4.78, 5) is 16.1. The third kappa shape index (κ3) is 3.53. The van der Waals surface area contributed by atoms with Gasteiger partial charge in [0.2, 0.25) is 0 Å². The van der Waals surface area contributed by atoms with Gasteiger partial charge in [0.25, 0.3) is 5.91 Å². The van der Waals surface area contributed by atoms with Crippen LogP contribution >= 0.6 is 58.0 Å². The Bertz CT molecular complexity index is 752. The van der Waals surface area contributed by atoms with E-state index in [4.69, 9.17) is 62.7 Å². The van der Waals surface area contributed by atoms with Crippen molar-refractivity contribution in [2.24, 2.45) is 0 Å². The van der Waals surface area contributed by atoms with Crippen LogP contribution in [0.25, 0.3) is 0 Å². The van der Waals surface area contributed by atoms with Gasteiger partial charge in [0.1, 0.15) is 16.6 Å². The van der Waals surface area contributed by atoms with Gasteiger partial charge in [-0.05, 0) is 18.2 Å². The third-order valence-corrected chi connectivity index (χ3v) is 4.58. The summed E-state index contributed by atoms with van der Waals surface area (Å²) in [7, 11) is 1.49. The number of methoxy groups -OCH3 is 1. The van der Waals surface area contributed by atoms with Crippen molar-refractivity contribution in [2.75, 3.05) is 12.4 Å². The van der Waals surface area contributed by atoms with Gasteiger partial charge in [-0.2, -0.15) is 0 Å². The molecule has 1 aromatic carbocycles. The van der Waals surface area contributed by atoms with E-state index in [1.165, 1.54) is 13.2 Å². The number of rotatable bonds is 3. The number of aromatic nitrogens is 1. The standard InChI is InChI=1S/C13H7Cl5N2O2/c1-22-7-3-2-5(4-6(7)14)19-13(21)11-9(16)8(15)10(17)12(18)20-11/h2-4H,1H3,(H,19,21). The first-order valence-corrected chi connectivity index (χ1v) is 7.59. The monoisotopic (exact) mass is 398 g/mol. The van der Waals surface area contributed by atoms with E-state index in [1.807, 2.05) is 0 Å². The molecule has 1 heterocycles. The highest BCUT2D eigenvalue weighted by molar-refractivity contribution is 6.52. The van der Waals surface area contributed by atoms with Gasteiger partial charge in [-0.25, -0.2) is 4.98 Å². The molecule has 1 N–H and O–H groups in total. The number of pyridine rings is 1. The molecule has 0 atom stereocenters. The third-order valence-electron chi connectivity index (χ3n) is 2.61. The van der Waals surface area contributed by atoms with E-state index in [0.29, 0.717) is 16.5 Å². The molecule has 0 aliphatic carbocycles. The Hall–Kier alpha value is -0.910. The topological polar surface area (TPSA) is 51.2 Å². The van der Waals surface area contributed by atoms with Crippen molar-refractivity contribution in [1.29, 1.82) is 0 Å². The number of nitrogens with zero attached hydrogens (tertiary/aromatic N) is 1. The average Bonchev–Trinajstić information content (AvgIpc) is 2.49. The smallest absolute Gasteiger partial charge is 0.275 e. The van der Waals surface area contributed by atoms with Crippen molar-refractivity contribution < 1.29 is 9.53 Å². The highest BCUT2D eigenvalue weighted by atomic mass is 35.5. The fraction of sp³-hybridized carbons (Fsp3) is 0.0769. The van der Waals surface area contributed by atoms with Gasteiger partial charge in [-0.1, -0.05) is 58.0 Å². The van der Waals surface area contributed by atoms with E-state index in [1.54, 1.807) is 12.1 Å². The molecule has 0 fully saturated rings. The lowest BCUT2D eigenvalue weighted by Gasteiger charge is -2.10. The molecular weight excluding hydrogens is 393 g/mol. The van der Waals surface area contributed by atoms with E-state index >= 15 is 0 Å². The van der Waals surface area contributed by atoms with Crippen LogP contribution in [0.4, 0.5) is 5.69 Å². The van der Waals surface area contributed by atoms with E-state index in [2.05, 4.69) is 10.3 Å². The van der Waals surface area contributed by atoms with Gasteiger partial charge in [0, 0.05) is 5.69 Å². The van der Waals surface area contributed by atoms with E-state index in [-0.39, 0.29) is 25.9 Å². The second-order valence-corrected chi connectivity index (χ2v) is 5.90. The van der Waals surface area contributed by atoms with Crippen LogP contribution in [-0.4, -0.2) is 18.0 Å². The predicted octanol–water partition coefficient (Wildman–Crippen LogP) is 5.61. The maximum Gasteiger partial charge on any atom is 0.275 e. The number of halogens is 5. The SMILES string of the molecule is COc1ccc(NC(=O)c2nc(Cl)c(Cl)c(Cl)c2Cl)cc1Cl. The van der Waals surface area contributed by atoms with Gasteiger partial charge in [-0.3, -0.25) is 4.79 Å². The minimum atomic E-state index is -0.605. The molecule has 0 aliphatic heterocycles. The van der Waals surface area contributed by atoms with Crippen LogP contribution in [0, 0.1) is 0 Å². The van der Waals surface area contributed by atoms with Crippen LogP contribution in [0.2, 0.25) is 25.2 Å². The van der Waals surface area contributed by atoms with Crippen LogP contribution in [0.15, 0.2) is 18.2 Å². The molecule has 1 amide bonds. The number of ether oxygens (including phenoxy) is 1. The average molecular weight is 400 g/mol. The van der Waals surface area contributed by atoms with Crippen molar-refractivity contribution >= 4 is 69.6 Å². The number of carbonyl (C=O) groups excluding carboxylic acids is 1. The first-order valence-electron chi connectivity index (χ1n) is 5.70. The lowest BCUT2D eigenvalue weighted by atomic mass is 10.2. The highest BCUT2D eigenvalue weighted by Gasteiger charge is 2.20. The number of hydrogen-bond donors (Lipinski definition) is 1. The van der Waals surface area contributed by atoms with Gasteiger partial charge in [-0.15, -0.1) is 0 Å². The van der Waals surface area contributed by atoms with Crippen molar-refractivity contribution in [3.8, 4) is 5.75 Å². The quantitative estimate of drug-likeness (QED) is 0.682. The zero-order valence-corrected chi connectivity index (χ0v) is 14.7. The molecule has 0 saturated heterocycles. The number of carbonyl (C=O) groups is 1. The number of nitrogens with one attached hydrogen (secondary N) is 1. The fourth-order valence-corrected chi connectivity index (χ4v) is 2.64. The summed E-state index contributed by atoms with van der Waals surface area (Å²) < 4.78 is 5.03. The maximum atomic E-state index is 12.2. The second kappa shape index (κ2) is 7.11. The maximum absolute atomic E-state index is 12.2. The molecule has 0 aliphatic rings. The summed E-state index contributed by atoms with van der Waals surface area (Å²) in [5, 5.41) is 2.66. The van der Waals surface area contributed by atoms with Crippen molar-refractivity contribution in [2.45, 2.75) is 0 Å². The first-order chi connectivity index (χ1) is 10.3. The van der Waals surface area contributed by atoms with E-state index in [0.717, 1.165) is 0 Å². The Balaban J connectivity index is 2.32. The minimum Gasteiger partial charge on any atom is -0.495 e. The molecular formula is C13H7Cl5N2O2. The number of anilines is 1. The lowest BCUT2D eigenvalue weighted by molar-refractivity contribution is 0.102. The fourth-order valence-electron chi connectivity index (χ4n) is 1.57. The summed E-state index contributed by atoms with van der Waals surface area (Å²) in [6, 6.07) is 4.73. The largest absolute Gasteiger partial charge is 0.495 e. The van der Waals surface area contributed by atoms with Gasteiger partial charge >= 0.3 is 0 Å². The predicted molar refractivity (Wildman–Crippen MR) is 90.2 cm³/mol.